The molecule has 0 bridgehead atoms. The van der Waals surface area contributed by atoms with Crippen LogP contribution in [0.3, 0.4) is 0 Å². The van der Waals surface area contributed by atoms with Crippen LogP contribution in [0.5, 0.6) is 0 Å². The van der Waals surface area contributed by atoms with Crippen LogP contribution in [0.1, 0.15) is 45.4 Å². The summed E-state index contributed by atoms with van der Waals surface area (Å²) in [7, 11) is 0. The molecule has 1 saturated carbocycles. The minimum absolute atomic E-state index is 0. The summed E-state index contributed by atoms with van der Waals surface area (Å²) in [4.78, 5) is 11.5. The van der Waals surface area contributed by atoms with Crippen LogP contribution in [-0.2, 0) is 9.53 Å². The number of rotatable bonds is 8. The molecule has 4 nitrogen and oxygen atoms in total. The molecule has 1 fully saturated rings. The van der Waals surface area contributed by atoms with Crippen LogP contribution >= 0.6 is 12.4 Å². The van der Waals surface area contributed by atoms with E-state index in [1.165, 1.54) is 19.3 Å². The highest BCUT2D eigenvalue weighted by Crippen LogP contribution is 2.19. The van der Waals surface area contributed by atoms with E-state index >= 15 is 0 Å². The Morgan fingerprint density at radius 2 is 1.89 bits per heavy atom. The van der Waals surface area contributed by atoms with Gasteiger partial charge in [-0.15, -0.1) is 12.4 Å². The highest BCUT2D eigenvalue weighted by Gasteiger charge is 2.14. The van der Waals surface area contributed by atoms with Gasteiger partial charge in [0.2, 0.25) is 5.91 Å². The van der Waals surface area contributed by atoms with Crippen molar-refractivity contribution >= 4 is 18.3 Å². The third-order valence-electron chi connectivity index (χ3n) is 3.05. The molecule has 0 aromatic heterocycles. The SMILES string of the molecule is CCCNCCNC(=O)COC1CCCCC1.Cl. The van der Waals surface area contributed by atoms with Crippen molar-refractivity contribution in [3.8, 4) is 0 Å². The largest absolute Gasteiger partial charge is 0.368 e. The lowest BCUT2D eigenvalue weighted by Gasteiger charge is -2.21. The van der Waals surface area contributed by atoms with E-state index in [4.69, 9.17) is 4.74 Å². The van der Waals surface area contributed by atoms with Crippen molar-refractivity contribution in [2.24, 2.45) is 0 Å². The second kappa shape index (κ2) is 11.8. The molecule has 0 heterocycles. The molecule has 0 aliphatic heterocycles. The van der Waals surface area contributed by atoms with Gasteiger partial charge < -0.3 is 15.4 Å². The van der Waals surface area contributed by atoms with Gasteiger partial charge in [0.15, 0.2) is 0 Å². The van der Waals surface area contributed by atoms with Crippen molar-refractivity contribution in [3.63, 3.8) is 0 Å². The van der Waals surface area contributed by atoms with Crippen LogP contribution in [-0.4, -0.2) is 38.3 Å². The summed E-state index contributed by atoms with van der Waals surface area (Å²) in [6.45, 7) is 4.88. The molecule has 5 heteroatoms. The molecule has 108 valence electrons. The van der Waals surface area contributed by atoms with Crippen molar-refractivity contribution in [1.29, 1.82) is 0 Å². The predicted octanol–water partition coefficient (Wildman–Crippen LogP) is 1.87. The number of nitrogens with one attached hydrogen (secondary N) is 2. The van der Waals surface area contributed by atoms with Gasteiger partial charge in [0, 0.05) is 13.1 Å². The molecule has 0 radical (unpaired) electrons. The fourth-order valence-electron chi connectivity index (χ4n) is 2.07. The highest BCUT2D eigenvalue weighted by molar-refractivity contribution is 5.85. The summed E-state index contributed by atoms with van der Waals surface area (Å²) in [6, 6.07) is 0. The van der Waals surface area contributed by atoms with E-state index in [2.05, 4.69) is 17.6 Å². The van der Waals surface area contributed by atoms with E-state index in [-0.39, 0.29) is 24.9 Å². The maximum Gasteiger partial charge on any atom is 0.246 e. The zero-order chi connectivity index (χ0) is 12.3. The van der Waals surface area contributed by atoms with Gasteiger partial charge in [0.05, 0.1) is 6.10 Å². The molecule has 1 amide bonds. The summed E-state index contributed by atoms with van der Waals surface area (Å²) in [5.74, 6) is 0.00821. The lowest BCUT2D eigenvalue weighted by Crippen LogP contribution is -2.35. The van der Waals surface area contributed by atoms with Gasteiger partial charge in [-0.3, -0.25) is 4.79 Å². The molecule has 0 saturated heterocycles. The summed E-state index contributed by atoms with van der Waals surface area (Å²) >= 11 is 0. The molecule has 1 aliphatic rings. The molecule has 0 spiro atoms. The van der Waals surface area contributed by atoms with Crippen molar-refractivity contribution < 1.29 is 9.53 Å². The zero-order valence-corrected chi connectivity index (χ0v) is 12.2. The van der Waals surface area contributed by atoms with Gasteiger partial charge in [0.25, 0.3) is 0 Å². The van der Waals surface area contributed by atoms with Gasteiger partial charge in [-0.05, 0) is 25.8 Å². The molecule has 0 unspecified atom stereocenters. The average Bonchev–Trinajstić information content (AvgIpc) is 2.37. The van der Waals surface area contributed by atoms with E-state index in [1.807, 2.05) is 0 Å². The second-order valence-electron chi connectivity index (χ2n) is 4.67. The molecule has 18 heavy (non-hydrogen) atoms. The normalized spacial score (nSPS) is 16.1. The van der Waals surface area contributed by atoms with Gasteiger partial charge in [-0.25, -0.2) is 0 Å². The van der Waals surface area contributed by atoms with Crippen LogP contribution < -0.4 is 10.6 Å². The van der Waals surface area contributed by atoms with Crippen LogP contribution in [0.25, 0.3) is 0 Å². The highest BCUT2D eigenvalue weighted by atomic mass is 35.5. The first-order chi connectivity index (χ1) is 8.33. The van der Waals surface area contributed by atoms with Crippen LogP contribution in [0.2, 0.25) is 0 Å². The summed E-state index contributed by atoms with van der Waals surface area (Å²) < 4.78 is 5.59. The molecule has 0 aromatic carbocycles. The Bertz CT molecular complexity index is 209. The Balaban J connectivity index is 0.00000289. The van der Waals surface area contributed by atoms with E-state index < -0.39 is 0 Å². The topological polar surface area (TPSA) is 50.4 Å². The number of hydrogen-bond donors (Lipinski definition) is 2. The van der Waals surface area contributed by atoms with Crippen molar-refractivity contribution in [3.05, 3.63) is 0 Å². The number of carbonyl (C=O) groups is 1. The second-order valence-corrected chi connectivity index (χ2v) is 4.67. The molecule has 1 aliphatic carbocycles. The van der Waals surface area contributed by atoms with Crippen LogP contribution in [0.15, 0.2) is 0 Å². The average molecular weight is 279 g/mol. The van der Waals surface area contributed by atoms with E-state index in [9.17, 15) is 4.79 Å². The first-order valence-electron chi connectivity index (χ1n) is 6.92. The van der Waals surface area contributed by atoms with Crippen molar-refractivity contribution in [2.75, 3.05) is 26.2 Å². The number of carbonyl (C=O) groups excluding carboxylic acids is 1. The predicted molar refractivity (Wildman–Crippen MR) is 76.2 cm³/mol. The molecule has 0 aromatic rings. The zero-order valence-electron chi connectivity index (χ0n) is 11.4. The van der Waals surface area contributed by atoms with Crippen molar-refractivity contribution in [2.45, 2.75) is 51.6 Å². The third-order valence-corrected chi connectivity index (χ3v) is 3.05. The Morgan fingerprint density at radius 3 is 2.56 bits per heavy atom. The van der Waals surface area contributed by atoms with Crippen molar-refractivity contribution in [1.82, 2.24) is 10.6 Å². The van der Waals surface area contributed by atoms with Gasteiger partial charge in [-0.1, -0.05) is 26.2 Å². The fraction of sp³-hybridized carbons (Fsp3) is 0.923. The van der Waals surface area contributed by atoms with Gasteiger partial charge in [-0.2, -0.15) is 0 Å². The minimum atomic E-state index is 0. The third kappa shape index (κ3) is 8.72. The van der Waals surface area contributed by atoms with Crippen LogP contribution in [0, 0.1) is 0 Å². The van der Waals surface area contributed by atoms with Gasteiger partial charge in [0.1, 0.15) is 6.61 Å². The minimum Gasteiger partial charge on any atom is -0.368 e. The van der Waals surface area contributed by atoms with E-state index in [0.717, 1.165) is 32.4 Å². The van der Waals surface area contributed by atoms with Gasteiger partial charge >= 0.3 is 0 Å². The molecular weight excluding hydrogens is 252 g/mol. The monoisotopic (exact) mass is 278 g/mol. The Kier molecular flexibility index (Phi) is 11.5. The number of halogens is 1. The Hall–Kier alpha value is -0.320. The summed E-state index contributed by atoms with van der Waals surface area (Å²) in [5.41, 5.74) is 0. The molecular formula is C13H27ClN2O2. The Morgan fingerprint density at radius 1 is 1.17 bits per heavy atom. The quantitative estimate of drug-likeness (QED) is 0.667. The standard InChI is InChI=1S/C13H26N2O2.ClH/c1-2-8-14-9-10-15-13(16)11-17-12-6-4-3-5-7-12;/h12,14H,2-11H2,1H3,(H,15,16);1H. The molecule has 2 N–H and O–H groups in total. The summed E-state index contributed by atoms with van der Waals surface area (Å²) in [5, 5.41) is 6.10. The number of hydrogen-bond acceptors (Lipinski definition) is 3. The van der Waals surface area contributed by atoms with E-state index in [0.29, 0.717) is 12.6 Å². The Labute approximate surface area is 117 Å². The molecule has 0 atom stereocenters. The van der Waals surface area contributed by atoms with Crippen LogP contribution in [0.4, 0.5) is 0 Å². The summed E-state index contributed by atoms with van der Waals surface area (Å²) in [6.07, 6.45) is 7.47. The lowest BCUT2D eigenvalue weighted by molar-refractivity contribution is -0.128. The smallest absolute Gasteiger partial charge is 0.246 e. The number of amides is 1. The number of ether oxygens (including phenoxy) is 1. The first kappa shape index (κ1) is 17.7. The first-order valence-corrected chi connectivity index (χ1v) is 6.92. The lowest BCUT2D eigenvalue weighted by atomic mass is 9.98. The fourth-order valence-corrected chi connectivity index (χ4v) is 2.07. The van der Waals surface area contributed by atoms with E-state index in [1.54, 1.807) is 0 Å². The maximum absolute atomic E-state index is 11.5. The molecule has 1 rings (SSSR count). The maximum atomic E-state index is 11.5.